The zero-order valence-electron chi connectivity index (χ0n) is 4.54. The first-order chi connectivity index (χ1) is 3.81. The number of aliphatic hydroxyl groups excluding tert-OH is 2. The average molecular weight is 185 g/mol. The van der Waals surface area contributed by atoms with Gasteiger partial charge in [0.05, 0.1) is 0 Å². The van der Waals surface area contributed by atoms with E-state index in [1.165, 1.54) is 0 Å². The first kappa shape index (κ1) is 8.24. The van der Waals surface area contributed by atoms with Gasteiger partial charge < -0.3 is 0 Å². The van der Waals surface area contributed by atoms with E-state index in [1.54, 1.807) is 0 Å². The van der Waals surface area contributed by atoms with E-state index >= 15 is 0 Å². The van der Waals surface area contributed by atoms with Gasteiger partial charge in [0, 0.05) is 0 Å². The molecule has 0 aromatic carbocycles. The van der Waals surface area contributed by atoms with Crippen LogP contribution in [0, 0.1) is 0 Å². The van der Waals surface area contributed by atoms with Crippen LogP contribution in [0.4, 0.5) is 0 Å². The van der Waals surface area contributed by atoms with E-state index in [2.05, 4.69) is 0 Å². The Kier molecular flexibility index (Phi) is 5.54. The molecule has 0 radical (unpaired) electrons. The monoisotopic (exact) mass is 186 g/mol. The molecule has 50 valence electrons. The predicted molar refractivity (Wildman–Crippen MR) is 30.2 cm³/mol. The van der Waals surface area contributed by atoms with Crippen molar-refractivity contribution in [3.8, 4) is 0 Å². The Morgan fingerprint density at radius 3 is 1.75 bits per heavy atom. The van der Waals surface area contributed by atoms with Gasteiger partial charge in [-0.2, -0.15) is 0 Å². The average Bonchev–Trinajstić information content (AvgIpc) is 1.68. The predicted octanol–water partition coefficient (Wildman–Crippen LogP) is -0.607. The maximum atomic E-state index is 10.5. The fourth-order valence-corrected chi connectivity index (χ4v) is 1.59. The quantitative estimate of drug-likeness (QED) is 0.574. The molecule has 2 N–H and O–H groups in total. The molecule has 0 fully saturated rings. The topological polar surface area (TPSA) is 57.5 Å². The van der Waals surface area contributed by atoms with Crippen LogP contribution in [-0.2, 0) is 3.83 Å². The molecule has 0 amide bonds. The van der Waals surface area contributed by atoms with E-state index in [9.17, 15) is 3.83 Å². The standard InChI is InChI=1S/C4H10O3Se/c5-1-3-8(7)4-2-6/h5-6H,1-4H2. The molecule has 0 aliphatic carbocycles. The van der Waals surface area contributed by atoms with E-state index < -0.39 is 13.8 Å². The van der Waals surface area contributed by atoms with Gasteiger partial charge in [0.25, 0.3) is 0 Å². The molecule has 0 aliphatic rings. The number of hydrogen-bond donors (Lipinski definition) is 2. The molecule has 0 aliphatic heterocycles. The molecule has 0 bridgehead atoms. The number of hydrogen-bond acceptors (Lipinski definition) is 3. The van der Waals surface area contributed by atoms with Gasteiger partial charge in [-0.15, -0.1) is 0 Å². The van der Waals surface area contributed by atoms with E-state index in [-0.39, 0.29) is 13.2 Å². The Morgan fingerprint density at radius 1 is 1.12 bits per heavy atom. The summed E-state index contributed by atoms with van der Waals surface area (Å²) in [5, 5.41) is 17.2. The van der Waals surface area contributed by atoms with Crippen molar-refractivity contribution in [3.63, 3.8) is 0 Å². The SMILES string of the molecule is O=[Se](CCO)CCO. The zero-order chi connectivity index (χ0) is 6.41. The van der Waals surface area contributed by atoms with Crippen molar-refractivity contribution < 1.29 is 14.0 Å². The first-order valence-corrected chi connectivity index (χ1v) is 5.50. The van der Waals surface area contributed by atoms with Gasteiger partial charge >= 0.3 is 51.7 Å². The normalized spacial score (nSPS) is 10.4. The molecule has 0 saturated heterocycles. The van der Waals surface area contributed by atoms with E-state index in [0.717, 1.165) is 0 Å². The third-order valence-corrected chi connectivity index (χ3v) is 3.31. The van der Waals surface area contributed by atoms with Crippen LogP contribution in [0.2, 0.25) is 10.6 Å². The second-order valence-corrected chi connectivity index (χ2v) is 4.85. The molecular formula is C4H10O3Se. The van der Waals surface area contributed by atoms with Crippen LogP contribution in [0.25, 0.3) is 0 Å². The van der Waals surface area contributed by atoms with E-state index in [4.69, 9.17) is 10.2 Å². The Balaban J connectivity index is 3.06. The summed E-state index contributed by atoms with van der Waals surface area (Å²) in [5.74, 6) is 0. The van der Waals surface area contributed by atoms with Gasteiger partial charge in [-0.1, -0.05) is 0 Å². The van der Waals surface area contributed by atoms with Crippen LogP contribution in [0.1, 0.15) is 0 Å². The Bertz CT molecular complexity index is 65.7. The molecule has 0 unspecified atom stereocenters. The van der Waals surface area contributed by atoms with Crippen LogP contribution >= 0.6 is 0 Å². The summed E-state index contributed by atoms with van der Waals surface area (Å²) in [6.07, 6.45) is 0. The van der Waals surface area contributed by atoms with Crippen LogP contribution in [0.15, 0.2) is 0 Å². The summed E-state index contributed by atoms with van der Waals surface area (Å²) in [6, 6.07) is 0. The van der Waals surface area contributed by atoms with Crippen molar-refractivity contribution in [3.05, 3.63) is 0 Å². The molecule has 0 aromatic heterocycles. The Hall–Kier alpha value is 0.239. The third-order valence-electron chi connectivity index (χ3n) is 0.638. The fourth-order valence-electron chi connectivity index (χ4n) is 0.306. The molecule has 3 nitrogen and oxygen atoms in total. The summed E-state index contributed by atoms with van der Waals surface area (Å²) in [5.41, 5.74) is 0. The summed E-state index contributed by atoms with van der Waals surface area (Å²) in [4.78, 5) is 0. The van der Waals surface area contributed by atoms with Crippen molar-refractivity contribution in [2.75, 3.05) is 13.2 Å². The second-order valence-electron chi connectivity index (χ2n) is 1.30. The van der Waals surface area contributed by atoms with Crippen molar-refractivity contribution in [1.29, 1.82) is 0 Å². The van der Waals surface area contributed by atoms with Gasteiger partial charge in [-0.05, 0) is 0 Å². The van der Waals surface area contributed by atoms with Gasteiger partial charge in [-0.25, -0.2) is 0 Å². The van der Waals surface area contributed by atoms with Gasteiger partial charge in [0.15, 0.2) is 0 Å². The van der Waals surface area contributed by atoms with Crippen LogP contribution in [0.3, 0.4) is 0 Å². The minimum atomic E-state index is -1.84. The molecule has 0 rings (SSSR count). The number of rotatable bonds is 4. The van der Waals surface area contributed by atoms with Gasteiger partial charge in [0.1, 0.15) is 0 Å². The van der Waals surface area contributed by atoms with E-state index in [0.29, 0.717) is 10.6 Å². The fraction of sp³-hybridized carbons (Fsp3) is 1.00. The Labute approximate surface area is 52.4 Å². The van der Waals surface area contributed by atoms with Crippen LogP contribution in [0.5, 0.6) is 0 Å². The summed E-state index contributed by atoms with van der Waals surface area (Å²) < 4.78 is 10.5. The van der Waals surface area contributed by atoms with Crippen LogP contribution in [-0.4, -0.2) is 37.3 Å². The molecular weight excluding hydrogens is 175 g/mol. The molecule has 0 aromatic rings. The molecule has 8 heavy (non-hydrogen) atoms. The van der Waals surface area contributed by atoms with Crippen molar-refractivity contribution in [2.45, 2.75) is 10.6 Å². The van der Waals surface area contributed by atoms with Crippen molar-refractivity contribution in [2.24, 2.45) is 0 Å². The first-order valence-electron chi connectivity index (χ1n) is 2.38. The summed E-state index contributed by atoms with van der Waals surface area (Å²) in [7, 11) is 0. The molecule has 4 heteroatoms. The maximum absolute atomic E-state index is 10.5. The third kappa shape index (κ3) is 4.40. The molecule has 0 atom stereocenters. The van der Waals surface area contributed by atoms with E-state index in [1.807, 2.05) is 0 Å². The van der Waals surface area contributed by atoms with Crippen molar-refractivity contribution >= 4 is 13.8 Å². The van der Waals surface area contributed by atoms with Crippen molar-refractivity contribution in [1.82, 2.24) is 0 Å². The number of aliphatic hydroxyl groups is 2. The second kappa shape index (κ2) is 5.38. The van der Waals surface area contributed by atoms with Crippen LogP contribution < -0.4 is 0 Å². The zero-order valence-corrected chi connectivity index (χ0v) is 6.25. The minimum absolute atomic E-state index is 0.0197. The van der Waals surface area contributed by atoms with Gasteiger partial charge in [0.2, 0.25) is 0 Å². The Morgan fingerprint density at radius 2 is 1.50 bits per heavy atom. The summed E-state index contributed by atoms with van der Waals surface area (Å²) >= 11 is -1.84. The summed E-state index contributed by atoms with van der Waals surface area (Å²) in [6.45, 7) is -0.0394. The molecule has 0 heterocycles. The molecule has 0 saturated carbocycles. The van der Waals surface area contributed by atoms with Gasteiger partial charge in [-0.3, -0.25) is 0 Å². The molecule has 0 spiro atoms.